The van der Waals surface area contributed by atoms with Crippen LogP contribution in [0.3, 0.4) is 0 Å². The fourth-order valence-electron chi connectivity index (χ4n) is 4.92. The maximum atomic E-state index is 13.6. The standard InChI is InChI=1S/C30H27N2O6.FHO3S/c1-18-16-19(2)28-24(17-18)31(3)23-7-5-4-6-22(23)29(28)30(36)37-21-11-8-20(9-12-21)10-15-27(35)38-32-25(33)13-14-26(32)34;1-5(2,3)4/h4-9,11-12,16-17H,10,13-15H2,1-3H3;(H,2,3,4)/q+1;/p-1. The third kappa shape index (κ3) is 7.56. The largest absolute Gasteiger partial charge is 0.722 e. The molecular weight excluding hydrogens is 583 g/mol. The molecule has 13 heteroatoms. The number of nitrogens with zero attached hydrogens (tertiary/aromatic N) is 2. The molecule has 1 aliphatic heterocycles. The minimum atomic E-state index is -5.42. The first-order chi connectivity index (χ1) is 20.2. The van der Waals surface area contributed by atoms with Crippen molar-refractivity contribution in [3.63, 3.8) is 0 Å². The lowest BCUT2D eigenvalue weighted by Gasteiger charge is -2.13. The van der Waals surface area contributed by atoms with Gasteiger partial charge in [-0.25, -0.2) is 18.0 Å². The van der Waals surface area contributed by atoms with Crippen LogP contribution in [-0.4, -0.2) is 41.8 Å². The first-order valence-corrected chi connectivity index (χ1v) is 14.4. The number of carbonyl (C=O) groups excluding carboxylic acids is 4. The van der Waals surface area contributed by atoms with Gasteiger partial charge in [0.25, 0.3) is 22.3 Å². The van der Waals surface area contributed by atoms with Crippen LogP contribution in [0.15, 0.2) is 60.7 Å². The summed E-state index contributed by atoms with van der Waals surface area (Å²) in [6.07, 6.45) is 0.442. The molecule has 2 heterocycles. The Kier molecular flexibility index (Phi) is 9.16. The van der Waals surface area contributed by atoms with E-state index in [-0.39, 0.29) is 19.3 Å². The van der Waals surface area contributed by atoms with Gasteiger partial charge in [-0.2, -0.15) is 4.57 Å². The van der Waals surface area contributed by atoms with Crippen LogP contribution in [0.2, 0.25) is 0 Å². The molecule has 43 heavy (non-hydrogen) atoms. The summed E-state index contributed by atoms with van der Waals surface area (Å²) < 4.78 is 43.2. The highest BCUT2D eigenvalue weighted by molar-refractivity contribution is 7.80. The van der Waals surface area contributed by atoms with Gasteiger partial charge in [-0.3, -0.25) is 9.59 Å². The van der Waals surface area contributed by atoms with Gasteiger partial charge in [-0.1, -0.05) is 30.3 Å². The number of pyridine rings is 1. The molecule has 5 rings (SSSR count). The molecule has 3 aromatic carbocycles. The van der Waals surface area contributed by atoms with Crippen molar-refractivity contribution in [1.29, 1.82) is 0 Å². The normalized spacial score (nSPS) is 13.2. The smallest absolute Gasteiger partial charge is 0.345 e. The number of aryl methyl sites for hydroxylation is 4. The lowest BCUT2D eigenvalue weighted by molar-refractivity contribution is -0.617. The molecular formula is C30H27FN2O9S. The average molecular weight is 611 g/mol. The van der Waals surface area contributed by atoms with E-state index in [9.17, 15) is 23.1 Å². The molecule has 0 unspecified atom stereocenters. The monoisotopic (exact) mass is 610 g/mol. The maximum Gasteiger partial charge on any atom is 0.345 e. The fraction of sp³-hybridized carbons (Fsp3) is 0.233. The van der Waals surface area contributed by atoms with E-state index in [0.29, 0.717) is 22.8 Å². The molecule has 1 aliphatic rings. The summed E-state index contributed by atoms with van der Waals surface area (Å²) in [5.74, 6) is -1.74. The number of carbonyl (C=O) groups is 4. The maximum absolute atomic E-state index is 13.6. The van der Waals surface area contributed by atoms with Crippen LogP contribution >= 0.6 is 0 Å². The molecule has 0 radical (unpaired) electrons. The number of imide groups is 1. The Balaban J connectivity index is 0.000000782. The molecule has 0 N–H and O–H groups in total. The molecule has 0 bridgehead atoms. The van der Waals surface area contributed by atoms with E-state index in [2.05, 4.69) is 16.7 Å². The van der Waals surface area contributed by atoms with Crippen molar-refractivity contribution in [2.24, 2.45) is 7.05 Å². The van der Waals surface area contributed by atoms with Crippen LogP contribution in [0.4, 0.5) is 3.89 Å². The Labute approximate surface area is 246 Å². The zero-order chi connectivity index (χ0) is 31.5. The second kappa shape index (κ2) is 12.6. The number of halogens is 1. The van der Waals surface area contributed by atoms with Crippen LogP contribution in [0.1, 0.15) is 46.3 Å². The number of rotatable bonds is 6. The molecule has 0 spiro atoms. The second-order valence-corrected chi connectivity index (χ2v) is 10.7. The Morgan fingerprint density at radius 2 is 1.58 bits per heavy atom. The number of esters is 1. The highest BCUT2D eigenvalue weighted by Crippen LogP contribution is 2.29. The fourth-order valence-corrected chi connectivity index (χ4v) is 4.92. The minimum Gasteiger partial charge on any atom is -0.722 e. The van der Waals surface area contributed by atoms with Gasteiger partial charge < -0.3 is 14.1 Å². The van der Waals surface area contributed by atoms with Crippen molar-refractivity contribution >= 4 is 56.1 Å². The van der Waals surface area contributed by atoms with Gasteiger partial charge in [-0.05, 0) is 55.2 Å². The molecule has 0 saturated carbocycles. The van der Waals surface area contributed by atoms with E-state index in [1.165, 1.54) is 0 Å². The molecule has 1 fully saturated rings. The summed E-state index contributed by atoms with van der Waals surface area (Å²) in [5, 5.41) is 2.21. The molecule has 224 valence electrons. The lowest BCUT2D eigenvalue weighted by atomic mass is 9.97. The highest BCUT2D eigenvalue weighted by Gasteiger charge is 2.32. The van der Waals surface area contributed by atoms with E-state index in [1.807, 2.05) is 45.2 Å². The number of fused-ring (bicyclic) bond motifs is 2. The molecule has 1 saturated heterocycles. The Hall–Kier alpha value is -4.75. The van der Waals surface area contributed by atoms with Crippen LogP contribution in [0.5, 0.6) is 5.75 Å². The topological polar surface area (TPSA) is 151 Å². The van der Waals surface area contributed by atoms with E-state index >= 15 is 0 Å². The summed E-state index contributed by atoms with van der Waals surface area (Å²) in [6.45, 7) is 4.03. The number of amides is 2. The van der Waals surface area contributed by atoms with Crippen molar-refractivity contribution in [2.45, 2.75) is 39.5 Å². The van der Waals surface area contributed by atoms with Gasteiger partial charge in [0.2, 0.25) is 11.0 Å². The zero-order valence-corrected chi connectivity index (χ0v) is 24.3. The van der Waals surface area contributed by atoms with Crippen molar-refractivity contribution < 1.29 is 50.2 Å². The Morgan fingerprint density at radius 3 is 2.21 bits per heavy atom. The summed E-state index contributed by atoms with van der Waals surface area (Å²) >= 11 is 0. The van der Waals surface area contributed by atoms with Crippen molar-refractivity contribution in [3.05, 3.63) is 82.9 Å². The second-order valence-electron chi connectivity index (χ2n) is 9.90. The summed E-state index contributed by atoms with van der Waals surface area (Å²) in [5.41, 5.74) is 5.31. The van der Waals surface area contributed by atoms with Crippen LogP contribution in [0, 0.1) is 13.8 Å². The van der Waals surface area contributed by atoms with E-state index in [1.54, 1.807) is 24.3 Å². The number of hydrogen-bond donors (Lipinski definition) is 0. The van der Waals surface area contributed by atoms with Crippen LogP contribution < -0.4 is 9.30 Å². The number of aromatic nitrogens is 1. The third-order valence-electron chi connectivity index (χ3n) is 6.76. The average Bonchev–Trinajstić information content (AvgIpc) is 3.24. The van der Waals surface area contributed by atoms with Gasteiger partial charge in [0.15, 0.2) is 0 Å². The molecule has 11 nitrogen and oxygen atoms in total. The van der Waals surface area contributed by atoms with Crippen molar-refractivity contribution in [3.8, 4) is 5.75 Å². The SMILES string of the molecule is Cc1cc(C)c2c(C(=O)Oc3ccc(CCC(=O)ON4C(=O)CCC4=O)cc3)c3ccccc3[n+](C)c2c1.O=S(=O)([O-])F. The first-order valence-electron chi connectivity index (χ1n) is 13.1. The van der Waals surface area contributed by atoms with Gasteiger partial charge in [-0.15, -0.1) is 8.95 Å². The highest BCUT2D eigenvalue weighted by atomic mass is 32.3. The zero-order valence-electron chi connectivity index (χ0n) is 23.5. The van der Waals surface area contributed by atoms with Gasteiger partial charge >= 0.3 is 11.9 Å². The molecule has 4 aromatic rings. The van der Waals surface area contributed by atoms with Crippen LogP contribution in [-0.2, 0) is 43.2 Å². The Bertz CT molecular complexity index is 1850. The number of hydrogen-bond acceptors (Lipinski definition) is 9. The molecule has 0 aliphatic carbocycles. The summed E-state index contributed by atoms with van der Waals surface area (Å²) in [6, 6.07) is 18.8. The van der Waals surface area contributed by atoms with E-state index in [0.717, 1.165) is 38.5 Å². The predicted octanol–water partition coefficient (Wildman–Crippen LogP) is 3.61. The lowest BCUT2D eigenvalue weighted by Crippen LogP contribution is -2.32. The number of para-hydroxylation sites is 1. The van der Waals surface area contributed by atoms with Gasteiger partial charge in [0, 0.05) is 25.0 Å². The molecule has 0 atom stereocenters. The Morgan fingerprint density at radius 1 is 0.977 bits per heavy atom. The number of hydroxylamine groups is 2. The first kappa shape index (κ1) is 31.2. The minimum absolute atomic E-state index is 0.00605. The number of ether oxygens (including phenoxy) is 1. The molecule has 2 amide bonds. The van der Waals surface area contributed by atoms with Crippen LogP contribution in [0.25, 0.3) is 21.8 Å². The van der Waals surface area contributed by atoms with Gasteiger partial charge in [0.05, 0.1) is 22.8 Å². The molecule has 1 aromatic heterocycles. The number of benzene rings is 3. The van der Waals surface area contributed by atoms with Crippen molar-refractivity contribution in [1.82, 2.24) is 5.06 Å². The third-order valence-corrected chi connectivity index (χ3v) is 6.76. The quantitative estimate of drug-likeness (QED) is 0.0606. The summed E-state index contributed by atoms with van der Waals surface area (Å²) in [7, 11) is -3.42. The van der Waals surface area contributed by atoms with Gasteiger partial charge in [0.1, 0.15) is 12.8 Å². The predicted molar refractivity (Wildman–Crippen MR) is 150 cm³/mol. The van der Waals surface area contributed by atoms with Crippen molar-refractivity contribution in [2.75, 3.05) is 0 Å². The summed E-state index contributed by atoms with van der Waals surface area (Å²) in [4.78, 5) is 53.7. The van der Waals surface area contributed by atoms with E-state index in [4.69, 9.17) is 22.5 Å². The van der Waals surface area contributed by atoms with E-state index < -0.39 is 34.3 Å².